The molecular formula is C28H22ClN3O4. The van der Waals surface area contributed by atoms with Gasteiger partial charge in [-0.2, -0.15) is 0 Å². The van der Waals surface area contributed by atoms with Gasteiger partial charge in [-0.15, -0.1) is 0 Å². The van der Waals surface area contributed by atoms with Crippen molar-refractivity contribution in [3.05, 3.63) is 101 Å². The predicted octanol–water partition coefficient (Wildman–Crippen LogP) is 5.18. The Labute approximate surface area is 212 Å². The molecule has 3 heterocycles. The monoisotopic (exact) mass is 499 g/mol. The maximum absolute atomic E-state index is 12.5. The largest absolute Gasteiger partial charge is 0.508 e. The van der Waals surface area contributed by atoms with E-state index in [4.69, 9.17) is 21.1 Å². The molecule has 7 nitrogen and oxygen atoms in total. The van der Waals surface area contributed by atoms with Crippen molar-refractivity contribution in [2.45, 2.75) is 12.2 Å². The fourth-order valence-electron chi connectivity index (χ4n) is 4.83. The van der Waals surface area contributed by atoms with Gasteiger partial charge in [-0.25, -0.2) is 9.97 Å². The van der Waals surface area contributed by atoms with Gasteiger partial charge in [0.05, 0.1) is 30.8 Å². The molecule has 1 atom stereocenters. The highest BCUT2D eigenvalue weighted by Gasteiger charge is 2.37. The average Bonchev–Trinajstić information content (AvgIpc) is 3.32. The lowest BCUT2D eigenvalue weighted by atomic mass is 9.82. The van der Waals surface area contributed by atoms with Gasteiger partial charge in [-0.3, -0.25) is 0 Å². The molecule has 2 N–H and O–H groups in total. The first-order chi connectivity index (χ1) is 17.4. The quantitative estimate of drug-likeness (QED) is 0.348. The fourth-order valence-corrected chi connectivity index (χ4v) is 5.00. The van der Waals surface area contributed by atoms with Crippen LogP contribution in [0.2, 0.25) is 5.02 Å². The van der Waals surface area contributed by atoms with Gasteiger partial charge in [-0.05, 0) is 58.7 Å². The Balaban J connectivity index is 1.74. The van der Waals surface area contributed by atoms with Gasteiger partial charge in [0, 0.05) is 35.2 Å². The highest BCUT2D eigenvalue weighted by atomic mass is 35.5. The van der Waals surface area contributed by atoms with Crippen LogP contribution in [-0.2, 0) is 19.3 Å². The van der Waals surface area contributed by atoms with E-state index >= 15 is 0 Å². The highest BCUT2D eigenvalue weighted by molar-refractivity contribution is 6.31. The zero-order chi connectivity index (χ0) is 25.0. The van der Waals surface area contributed by atoms with Crippen molar-refractivity contribution >= 4 is 22.5 Å². The van der Waals surface area contributed by atoms with Crippen LogP contribution in [-0.4, -0.2) is 31.9 Å². The summed E-state index contributed by atoms with van der Waals surface area (Å²) in [6.45, 7) is 0.143. The molecular weight excluding hydrogens is 478 g/mol. The Hall–Kier alpha value is -4.07. The van der Waals surface area contributed by atoms with Crippen LogP contribution in [0.3, 0.4) is 0 Å². The number of methoxy groups -OCH3 is 1. The van der Waals surface area contributed by atoms with E-state index in [0.717, 1.165) is 10.9 Å². The third-order valence-corrected chi connectivity index (χ3v) is 7.03. The first-order valence-corrected chi connectivity index (χ1v) is 11.7. The summed E-state index contributed by atoms with van der Waals surface area (Å²) in [5, 5.41) is 24.3. The van der Waals surface area contributed by atoms with Gasteiger partial charge in [0.25, 0.3) is 0 Å². The molecule has 180 valence electrons. The number of aromatic hydroxyl groups is 1. The summed E-state index contributed by atoms with van der Waals surface area (Å²) in [7, 11) is 3.40. The summed E-state index contributed by atoms with van der Waals surface area (Å²) >= 11 is 6.53. The molecule has 0 saturated carbocycles. The lowest BCUT2D eigenvalue weighted by Gasteiger charge is -2.30. The predicted molar refractivity (Wildman–Crippen MR) is 136 cm³/mol. The van der Waals surface area contributed by atoms with Crippen molar-refractivity contribution in [3.63, 3.8) is 0 Å². The van der Waals surface area contributed by atoms with Crippen LogP contribution in [0.4, 0.5) is 0 Å². The van der Waals surface area contributed by atoms with Gasteiger partial charge in [0.1, 0.15) is 18.1 Å². The average molecular weight is 500 g/mol. The fraction of sp³-hybridized carbons (Fsp3) is 0.143. The Morgan fingerprint density at radius 2 is 1.86 bits per heavy atom. The van der Waals surface area contributed by atoms with Crippen LogP contribution < -0.4 is 9.47 Å². The molecule has 0 radical (unpaired) electrons. The number of phenolic OH excluding ortho intramolecular Hbond substituents is 1. The Morgan fingerprint density at radius 1 is 1.06 bits per heavy atom. The van der Waals surface area contributed by atoms with Crippen LogP contribution in [0.15, 0.2) is 73.2 Å². The van der Waals surface area contributed by atoms with Gasteiger partial charge in [0.15, 0.2) is 5.60 Å². The first-order valence-electron chi connectivity index (χ1n) is 11.3. The third-order valence-electron chi connectivity index (χ3n) is 6.66. The van der Waals surface area contributed by atoms with Crippen LogP contribution in [0.25, 0.3) is 22.0 Å². The minimum Gasteiger partial charge on any atom is -0.508 e. The number of phenols is 1. The molecule has 0 spiro atoms. The molecule has 5 aromatic rings. The third kappa shape index (κ3) is 3.47. The number of ether oxygens (including phenoxy) is 2. The summed E-state index contributed by atoms with van der Waals surface area (Å²) in [4.78, 5) is 8.88. The number of aromatic nitrogens is 3. The van der Waals surface area contributed by atoms with Gasteiger partial charge in [-0.1, -0.05) is 23.7 Å². The number of aliphatic hydroxyl groups is 1. The molecule has 8 heteroatoms. The zero-order valence-corrected chi connectivity index (χ0v) is 20.3. The Morgan fingerprint density at radius 3 is 2.64 bits per heavy atom. The van der Waals surface area contributed by atoms with Gasteiger partial charge < -0.3 is 24.3 Å². The molecule has 3 aromatic carbocycles. The van der Waals surface area contributed by atoms with Gasteiger partial charge >= 0.3 is 0 Å². The molecule has 0 aliphatic carbocycles. The number of pyridine rings is 1. The smallest absolute Gasteiger partial charge is 0.214 e. The highest BCUT2D eigenvalue weighted by Crippen LogP contribution is 2.42. The SMILES string of the molecule is COc1cc2c3cc(ccc3n1)C(O)(c1cncn1C)c1ccc(Cl)c(c1)COc1cc(O)cc-2c1. The number of benzene rings is 3. The number of halogens is 1. The molecule has 1 aliphatic heterocycles. The van der Waals surface area contributed by atoms with E-state index in [9.17, 15) is 10.2 Å². The van der Waals surface area contributed by atoms with E-state index in [1.54, 1.807) is 42.4 Å². The number of hydrogen-bond acceptors (Lipinski definition) is 6. The van der Waals surface area contributed by atoms with E-state index in [1.807, 2.05) is 49.5 Å². The summed E-state index contributed by atoms with van der Waals surface area (Å²) in [6.07, 6.45) is 3.31. The maximum Gasteiger partial charge on any atom is 0.214 e. The minimum absolute atomic E-state index is 0.0590. The molecule has 36 heavy (non-hydrogen) atoms. The summed E-state index contributed by atoms with van der Waals surface area (Å²) in [6, 6.07) is 17.9. The van der Waals surface area contributed by atoms with E-state index in [2.05, 4.69) is 9.97 Å². The normalized spacial score (nSPS) is 16.7. The molecule has 0 fully saturated rings. The van der Waals surface area contributed by atoms with Crippen LogP contribution in [0.5, 0.6) is 17.4 Å². The standard InChI is InChI=1S/C28H22ClN3O4/c1-32-15-30-13-26(32)28(34)18-3-5-24(29)17(7-18)14-36-21-9-16(8-20(33)11-21)22-12-27(35-2)31-25-6-4-19(28)10-23(22)25/h3-13,15,33-34H,14H2,1-2H3. The second-order valence-electron chi connectivity index (χ2n) is 8.85. The van der Waals surface area contributed by atoms with Crippen molar-refractivity contribution in [2.24, 2.45) is 7.05 Å². The van der Waals surface area contributed by atoms with Crippen molar-refractivity contribution in [1.82, 2.24) is 14.5 Å². The van der Waals surface area contributed by atoms with E-state index in [-0.39, 0.29) is 12.4 Å². The Bertz CT molecular complexity index is 1650. The number of imidazole rings is 1. The number of aryl methyl sites for hydroxylation is 1. The van der Waals surface area contributed by atoms with Crippen molar-refractivity contribution < 1.29 is 19.7 Å². The van der Waals surface area contributed by atoms with Crippen LogP contribution >= 0.6 is 11.6 Å². The number of hydrogen-bond donors (Lipinski definition) is 2. The lowest BCUT2D eigenvalue weighted by Crippen LogP contribution is -2.31. The molecule has 1 unspecified atom stereocenters. The van der Waals surface area contributed by atoms with Gasteiger partial charge in [0.2, 0.25) is 5.88 Å². The van der Waals surface area contributed by atoms with E-state index in [0.29, 0.717) is 50.1 Å². The lowest BCUT2D eigenvalue weighted by molar-refractivity contribution is 0.117. The molecule has 0 saturated heterocycles. The minimum atomic E-state index is -1.55. The van der Waals surface area contributed by atoms with Crippen LogP contribution in [0.1, 0.15) is 22.4 Å². The second-order valence-corrected chi connectivity index (χ2v) is 9.26. The number of fused-ring (bicyclic) bond motifs is 6. The molecule has 1 aliphatic rings. The Kier molecular flexibility index (Phi) is 5.14. The second kappa shape index (κ2) is 8.26. The van der Waals surface area contributed by atoms with Crippen molar-refractivity contribution in [2.75, 3.05) is 7.11 Å². The number of rotatable bonds is 2. The molecule has 0 amide bonds. The first kappa shape index (κ1) is 22.4. The number of nitrogens with zero attached hydrogens (tertiary/aromatic N) is 3. The zero-order valence-electron chi connectivity index (χ0n) is 19.6. The van der Waals surface area contributed by atoms with Crippen LogP contribution in [0, 0.1) is 0 Å². The maximum atomic E-state index is 12.5. The van der Waals surface area contributed by atoms with E-state index in [1.165, 1.54) is 0 Å². The molecule has 6 rings (SSSR count). The van der Waals surface area contributed by atoms with E-state index < -0.39 is 5.60 Å². The van der Waals surface area contributed by atoms with Crippen molar-refractivity contribution in [1.29, 1.82) is 0 Å². The molecule has 6 bridgehead atoms. The van der Waals surface area contributed by atoms with Crippen molar-refractivity contribution in [3.8, 4) is 28.5 Å². The summed E-state index contributed by atoms with van der Waals surface area (Å²) in [5.41, 5.74) is 3.15. The summed E-state index contributed by atoms with van der Waals surface area (Å²) < 4.78 is 13.3. The molecule has 2 aromatic heterocycles. The summed E-state index contributed by atoms with van der Waals surface area (Å²) in [5.74, 6) is 0.970. The topological polar surface area (TPSA) is 89.6 Å².